The molecule has 1 aliphatic rings. The zero-order valence-electron chi connectivity index (χ0n) is 19.1. The number of anilines is 2. The number of nitrogens with one attached hydrogen (secondary N) is 1. The first kappa shape index (κ1) is 23.7. The van der Waals surface area contributed by atoms with E-state index in [1.54, 1.807) is 39.9 Å². The van der Waals surface area contributed by atoms with Gasteiger partial charge in [-0.1, -0.05) is 6.42 Å². The second-order valence-corrected chi connectivity index (χ2v) is 10.5. The van der Waals surface area contributed by atoms with Crippen LogP contribution in [0.5, 0.6) is 0 Å². The SMILES string of the molecule is CN(C)c1ccc(S(=O)(=O)N2CCCCC2)cc1NC(=O)Cn1ccc2cc([N+](=O)[O-])ccc21. The van der Waals surface area contributed by atoms with E-state index in [0.29, 0.717) is 35.4 Å². The number of rotatable bonds is 7. The summed E-state index contributed by atoms with van der Waals surface area (Å²) in [5.41, 5.74) is 1.76. The Morgan fingerprint density at radius 1 is 1.09 bits per heavy atom. The number of benzene rings is 2. The first-order valence-corrected chi connectivity index (χ1v) is 12.5. The summed E-state index contributed by atoms with van der Waals surface area (Å²) < 4.78 is 29.5. The largest absolute Gasteiger partial charge is 0.376 e. The van der Waals surface area contributed by atoms with Crippen LogP contribution in [-0.4, -0.2) is 55.3 Å². The third-order valence-corrected chi connectivity index (χ3v) is 7.85. The molecule has 1 N–H and O–H groups in total. The number of nitro groups is 1. The van der Waals surface area contributed by atoms with Gasteiger partial charge in [-0.15, -0.1) is 0 Å². The van der Waals surface area contributed by atoms with Gasteiger partial charge >= 0.3 is 0 Å². The number of hydrogen-bond acceptors (Lipinski definition) is 6. The summed E-state index contributed by atoms with van der Waals surface area (Å²) in [7, 11) is -0.0181. The smallest absolute Gasteiger partial charge is 0.270 e. The minimum atomic E-state index is -3.65. The fourth-order valence-electron chi connectivity index (χ4n) is 4.20. The van der Waals surface area contributed by atoms with Crippen molar-refractivity contribution in [3.8, 4) is 0 Å². The maximum Gasteiger partial charge on any atom is 0.270 e. The van der Waals surface area contributed by atoms with Crippen LogP contribution in [0, 0.1) is 10.1 Å². The van der Waals surface area contributed by atoms with E-state index in [-0.39, 0.29) is 23.0 Å². The van der Waals surface area contributed by atoms with Gasteiger partial charge in [0.15, 0.2) is 0 Å². The summed E-state index contributed by atoms with van der Waals surface area (Å²) in [5, 5.41) is 14.5. The maximum atomic E-state index is 13.1. The molecule has 11 heteroatoms. The average molecular weight is 486 g/mol. The molecule has 1 fully saturated rings. The van der Waals surface area contributed by atoms with Crippen LogP contribution in [0.15, 0.2) is 53.6 Å². The van der Waals surface area contributed by atoms with Crippen LogP contribution in [0.3, 0.4) is 0 Å². The van der Waals surface area contributed by atoms with Gasteiger partial charge in [0.2, 0.25) is 15.9 Å². The lowest BCUT2D eigenvalue weighted by molar-refractivity contribution is -0.384. The van der Waals surface area contributed by atoms with Crippen LogP contribution >= 0.6 is 0 Å². The lowest BCUT2D eigenvalue weighted by atomic mass is 10.2. The summed E-state index contributed by atoms with van der Waals surface area (Å²) >= 11 is 0. The molecule has 0 bridgehead atoms. The van der Waals surface area contributed by atoms with Crippen molar-refractivity contribution in [2.75, 3.05) is 37.4 Å². The second-order valence-electron chi connectivity index (χ2n) is 8.53. The van der Waals surface area contributed by atoms with Gasteiger partial charge in [-0.25, -0.2) is 8.42 Å². The van der Waals surface area contributed by atoms with Gasteiger partial charge in [0, 0.05) is 56.4 Å². The summed E-state index contributed by atoms with van der Waals surface area (Å²) in [6.07, 6.45) is 4.39. The Kier molecular flexibility index (Phi) is 6.58. The van der Waals surface area contributed by atoms with Crippen LogP contribution in [0.25, 0.3) is 10.9 Å². The van der Waals surface area contributed by atoms with Gasteiger partial charge in [0.05, 0.1) is 21.2 Å². The number of sulfonamides is 1. The minimum Gasteiger partial charge on any atom is -0.376 e. The quantitative estimate of drug-likeness (QED) is 0.405. The van der Waals surface area contributed by atoms with Gasteiger partial charge in [0.1, 0.15) is 6.54 Å². The number of nitro benzene ring substituents is 1. The van der Waals surface area contributed by atoms with E-state index in [2.05, 4.69) is 5.32 Å². The van der Waals surface area contributed by atoms with E-state index in [1.165, 1.54) is 22.5 Å². The third-order valence-electron chi connectivity index (χ3n) is 5.96. The van der Waals surface area contributed by atoms with E-state index in [9.17, 15) is 23.3 Å². The number of aromatic nitrogens is 1. The molecule has 1 saturated heterocycles. The molecule has 0 saturated carbocycles. The summed E-state index contributed by atoms with van der Waals surface area (Å²) in [5.74, 6) is -0.341. The molecule has 10 nitrogen and oxygen atoms in total. The number of hydrogen-bond donors (Lipinski definition) is 1. The topological polar surface area (TPSA) is 118 Å². The van der Waals surface area contributed by atoms with E-state index >= 15 is 0 Å². The number of piperidine rings is 1. The lowest BCUT2D eigenvalue weighted by Gasteiger charge is -2.26. The Labute approximate surface area is 198 Å². The van der Waals surface area contributed by atoms with Gasteiger partial charge in [-0.2, -0.15) is 4.31 Å². The Bertz CT molecular complexity index is 1340. The number of nitrogens with zero attached hydrogens (tertiary/aromatic N) is 4. The molecule has 180 valence electrons. The monoisotopic (exact) mass is 485 g/mol. The highest BCUT2D eigenvalue weighted by molar-refractivity contribution is 7.89. The molecule has 0 atom stereocenters. The van der Waals surface area contributed by atoms with Gasteiger partial charge in [-0.3, -0.25) is 14.9 Å². The predicted octanol–water partition coefficient (Wildman–Crippen LogP) is 3.43. The molecule has 34 heavy (non-hydrogen) atoms. The molecular weight excluding hydrogens is 458 g/mol. The predicted molar refractivity (Wildman–Crippen MR) is 131 cm³/mol. The lowest BCUT2D eigenvalue weighted by Crippen LogP contribution is -2.35. The third kappa shape index (κ3) is 4.75. The van der Waals surface area contributed by atoms with Crippen LogP contribution < -0.4 is 10.2 Å². The van der Waals surface area contributed by atoms with Gasteiger partial charge < -0.3 is 14.8 Å². The fourth-order valence-corrected chi connectivity index (χ4v) is 5.75. The van der Waals surface area contributed by atoms with E-state index in [0.717, 1.165) is 19.3 Å². The molecule has 3 aromatic rings. The molecule has 1 amide bonds. The van der Waals surface area contributed by atoms with Crippen molar-refractivity contribution in [1.82, 2.24) is 8.87 Å². The van der Waals surface area contributed by atoms with Gasteiger partial charge in [-0.05, 0) is 43.2 Å². The number of carbonyl (C=O) groups is 1. The highest BCUT2D eigenvalue weighted by Crippen LogP contribution is 2.30. The standard InChI is InChI=1S/C23H27N5O5S/c1-25(2)22-9-7-19(34(32,33)27-11-4-3-5-12-27)15-20(22)24-23(29)16-26-13-10-17-14-18(28(30)31)6-8-21(17)26/h6-10,13-15H,3-5,11-12,16H2,1-2H3,(H,24,29). The maximum absolute atomic E-state index is 13.1. The Morgan fingerprint density at radius 3 is 2.50 bits per heavy atom. The number of carbonyl (C=O) groups excluding carboxylic acids is 1. The highest BCUT2D eigenvalue weighted by Gasteiger charge is 2.27. The normalized spacial score (nSPS) is 14.8. The second kappa shape index (κ2) is 9.43. The van der Waals surface area contributed by atoms with Crippen molar-refractivity contribution >= 4 is 43.9 Å². The van der Waals surface area contributed by atoms with Crippen LogP contribution in [-0.2, 0) is 21.4 Å². The minimum absolute atomic E-state index is 0.0166. The van der Waals surface area contributed by atoms with E-state index < -0.39 is 14.9 Å². The molecule has 1 aliphatic heterocycles. The number of amides is 1. The summed E-state index contributed by atoms with van der Waals surface area (Å²) in [4.78, 5) is 25.4. The molecule has 2 heterocycles. The Balaban J connectivity index is 1.58. The van der Waals surface area contributed by atoms with Crippen molar-refractivity contribution in [3.05, 3.63) is 58.8 Å². The zero-order valence-corrected chi connectivity index (χ0v) is 19.9. The first-order valence-electron chi connectivity index (χ1n) is 11.0. The Hall–Kier alpha value is -3.44. The van der Waals surface area contributed by atoms with Crippen molar-refractivity contribution in [1.29, 1.82) is 0 Å². The van der Waals surface area contributed by atoms with Gasteiger partial charge in [0.25, 0.3) is 5.69 Å². The molecular formula is C23H27N5O5S. The van der Waals surface area contributed by atoms with Crippen LogP contribution in [0.4, 0.5) is 17.1 Å². The van der Waals surface area contributed by atoms with Crippen LogP contribution in [0.1, 0.15) is 19.3 Å². The first-order chi connectivity index (χ1) is 16.2. The van der Waals surface area contributed by atoms with E-state index in [1.807, 2.05) is 14.1 Å². The molecule has 0 unspecified atom stereocenters. The van der Waals surface area contributed by atoms with Crippen molar-refractivity contribution < 1.29 is 18.1 Å². The fraction of sp³-hybridized carbons (Fsp3) is 0.348. The number of fused-ring (bicyclic) bond motifs is 1. The molecule has 0 aliphatic carbocycles. The molecule has 1 aromatic heterocycles. The van der Waals surface area contributed by atoms with Crippen molar-refractivity contribution in [2.24, 2.45) is 0 Å². The summed E-state index contributed by atoms with van der Waals surface area (Å²) in [6.45, 7) is 0.966. The van der Waals surface area contributed by atoms with Crippen LogP contribution in [0.2, 0.25) is 0 Å². The van der Waals surface area contributed by atoms with Crippen molar-refractivity contribution in [3.63, 3.8) is 0 Å². The highest BCUT2D eigenvalue weighted by atomic mass is 32.2. The number of non-ortho nitro benzene ring substituents is 1. The average Bonchev–Trinajstić information content (AvgIpc) is 3.21. The van der Waals surface area contributed by atoms with E-state index in [4.69, 9.17) is 0 Å². The summed E-state index contributed by atoms with van der Waals surface area (Å²) in [6, 6.07) is 11.0. The van der Waals surface area contributed by atoms with Crippen molar-refractivity contribution in [2.45, 2.75) is 30.7 Å². The Morgan fingerprint density at radius 2 is 1.82 bits per heavy atom. The molecule has 2 aromatic carbocycles. The molecule has 4 rings (SSSR count). The molecule has 0 spiro atoms. The molecule has 0 radical (unpaired) electrons. The zero-order chi connectivity index (χ0) is 24.5.